The van der Waals surface area contributed by atoms with Gasteiger partial charge < -0.3 is 20.5 Å². The molecule has 2 aromatic rings. The molecule has 3 heterocycles. The topological polar surface area (TPSA) is 91.7 Å². The van der Waals surface area contributed by atoms with Crippen LogP contribution in [0.5, 0.6) is 0 Å². The third-order valence-corrected chi connectivity index (χ3v) is 7.19. The van der Waals surface area contributed by atoms with Crippen molar-refractivity contribution >= 4 is 29.5 Å². The van der Waals surface area contributed by atoms with E-state index in [0.717, 1.165) is 75.4 Å². The smallest absolute Gasteiger partial charge is 0.382 e. The van der Waals surface area contributed by atoms with Gasteiger partial charge in [-0.3, -0.25) is 4.99 Å². The molecule has 0 unspecified atom stereocenters. The van der Waals surface area contributed by atoms with E-state index in [4.69, 9.17) is 26.4 Å². The molecule has 2 fully saturated rings. The Kier molecular flexibility index (Phi) is 9.61. The standard InChI is InChI=1S/C26H33ClF3N5O2/c27-21-15-33-25(34-19-6-4-17(5-7-19)13-31-16-23(36)26(28,29)30)12-20(21)22-2-1-3-24(35-22)32-14-18-8-10-37-11-9-18/h1-3,12-13,15,17-19,23,36H,4-11,14,16H2,(H,32,35)(H,33,34)/t17?,19?,23-/m1/s1. The van der Waals surface area contributed by atoms with Crippen molar-refractivity contribution in [2.24, 2.45) is 16.8 Å². The Bertz CT molecular complexity index is 1040. The predicted molar refractivity (Wildman–Crippen MR) is 139 cm³/mol. The summed E-state index contributed by atoms with van der Waals surface area (Å²) in [4.78, 5) is 13.0. The lowest BCUT2D eigenvalue weighted by molar-refractivity contribution is -0.199. The molecule has 0 amide bonds. The van der Waals surface area contributed by atoms with Crippen LogP contribution in [0, 0.1) is 11.8 Å². The number of aliphatic hydroxyl groups excluding tert-OH is 1. The van der Waals surface area contributed by atoms with Gasteiger partial charge in [0.05, 0.1) is 17.3 Å². The first-order valence-electron chi connectivity index (χ1n) is 12.7. The van der Waals surface area contributed by atoms with Crippen LogP contribution in [-0.2, 0) is 4.74 Å². The summed E-state index contributed by atoms with van der Waals surface area (Å²) in [5, 5.41) is 16.5. The molecule has 1 atom stereocenters. The monoisotopic (exact) mass is 539 g/mol. The Morgan fingerprint density at radius 1 is 1.14 bits per heavy atom. The second kappa shape index (κ2) is 12.9. The SMILES string of the molecule is O[C@H](CN=CC1CCC(Nc2cc(-c3cccc(NCC4CCOCC4)n3)c(Cl)cn2)CC1)C(F)(F)F. The molecule has 11 heteroatoms. The normalized spacial score (nSPS) is 22.2. The van der Waals surface area contributed by atoms with Gasteiger partial charge in [-0.25, -0.2) is 9.97 Å². The zero-order valence-electron chi connectivity index (χ0n) is 20.6. The van der Waals surface area contributed by atoms with Gasteiger partial charge in [-0.1, -0.05) is 17.7 Å². The molecule has 2 aliphatic rings. The molecule has 37 heavy (non-hydrogen) atoms. The third kappa shape index (κ3) is 8.28. The van der Waals surface area contributed by atoms with Crippen molar-refractivity contribution in [2.45, 2.75) is 56.8 Å². The van der Waals surface area contributed by atoms with Crippen molar-refractivity contribution in [3.05, 3.63) is 35.5 Å². The second-order valence-electron chi connectivity index (χ2n) is 9.72. The highest BCUT2D eigenvalue weighted by atomic mass is 35.5. The molecule has 7 nitrogen and oxygen atoms in total. The van der Waals surface area contributed by atoms with Crippen LogP contribution in [0.2, 0.25) is 5.02 Å². The summed E-state index contributed by atoms with van der Waals surface area (Å²) >= 11 is 6.48. The number of pyridine rings is 2. The lowest BCUT2D eigenvalue weighted by Crippen LogP contribution is -2.31. The van der Waals surface area contributed by atoms with Gasteiger partial charge in [0.2, 0.25) is 0 Å². The summed E-state index contributed by atoms with van der Waals surface area (Å²) in [5.41, 5.74) is 1.55. The molecule has 202 valence electrons. The van der Waals surface area contributed by atoms with E-state index in [1.54, 1.807) is 12.4 Å². The summed E-state index contributed by atoms with van der Waals surface area (Å²) in [6.45, 7) is 1.82. The maximum absolute atomic E-state index is 12.4. The highest BCUT2D eigenvalue weighted by molar-refractivity contribution is 6.33. The van der Waals surface area contributed by atoms with E-state index in [2.05, 4.69) is 20.6 Å². The Balaban J connectivity index is 1.31. The highest BCUT2D eigenvalue weighted by Crippen LogP contribution is 2.31. The number of hydrogen-bond acceptors (Lipinski definition) is 7. The Hall–Kier alpha value is -2.43. The van der Waals surface area contributed by atoms with E-state index >= 15 is 0 Å². The summed E-state index contributed by atoms with van der Waals surface area (Å²) in [6.07, 6.45) is 1.49. The predicted octanol–water partition coefficient (Wildman–Crippen LogP) is 5.60. The van der Waals surface area contributed by atoms with E-state index in [1.807, 2.05) is 24.3 Å². The van der Waals surface area contributed by atoms with E-state index in [-0.39, 0.29) is 12.0 Å². The minimum atomic E-state index is -4.64. The zero-order valence-corrected chi connectivity index (χ0v) is 21.3. The molecule has 1 saturated heterocycles. The number of aliphatic hydroxyl groups is 1. The van der Waals surface area contributed by atoms with Crippen LogP contribution < -0.4 is 10.6 Å². The Morgan fingerprint density at radius 2 is 1.89 bits per heavy atom. The average molecular weight is 540 g/mol. The number of rotatable bonds is 9. The second-order valence-corrected chi connectivity index (χ2v) is 10.1. The van der Waals surface area contributed by atoms with Gasteiger partial charge in [0.25, 0.3) is 0 Å². The Labute approximate surface area is 219 Å². The van der Waals surface area contributed by atoms with Gasteiger partial charge in [0, 0.05) is 43.8 Å². The fourth-order valence-corrected chi connectivity index (χ4v) is 4.83. The average Bonchev–Trinajstić information content (AvgIpc) is 2.90. The highest BCUT2D eigenvalue weighted by Gasteiger charge is 2.37. The number of aromatic nitrogens is 2. The van der Waals surface area contributed by atoms with Crippen LogP contribution in [0.25, 0.3) is 11.3 Å². The fourth-order valence-electron chi connectivity index (χ4n) is 4.63. The summed E-state index contributed by atoms with van der Waals surface area (Å²) in [5.74, 6) is 2.18. The number of halogens is 4. The van der Waals surface area contributed by atoms with Crippen LogP contribution in [-0.4, -0.2) is 65.9 Å². The maximum Gasteiger partial charge on any atom is 0.416 e. The first-order valence-corrected chi connectivity index (χ1v) is 13.1. The molecule has 1 aliphatic carbocycles. The third-order valence-electron chi connectivity index (χ3n) is 6.89. The molecule has 2 aromatic heterocycles. The van der Waals surface area contributed by atoms with Gasteiger partial charge in [-0.2, -0.15) is 13.2 Å². The minimum Gasteiger partial charge on any atom is -0.382 e. The number of anilines is 2. The van der Waals surface area contributed by atoms with Crippen LogP contribution in [0.1, 0.15) is 38.5 Å². The van der Waals surface area contributed by atoms with E-state index in [1.165, 1.54) is 0 Å². The van der Waals surface area contributed by atoms with Gasteiger partial charge in [-0.05, 0) is 68.6 Å². The fraction of sp³-hybridized carbons (Fsp3) is 0.577. The zero-order chi connectivity index (χ0) is 26.3. The maximum atomic E-state index is 12.4. The molecular weight excluding hydrogens is 507 g/mol. The summed E-state index contributed by atoms with van der Waals surface area (Å²) in [6, 6.07) is 7.91. The van der Waals surface area contributed by atoms with Crippen molar-refractivity contribution in [3.8, 4) is 11.3 Å². The van der Waals surface area contributed by atoms with E-state index in [9.17, 15) is 13.2 Å². The lowest BCUT2D eigenvalue weighted by atomic mass is 9.87. The Morgan fingerprint density at radius 3 is 2.62 bits per heavy atom. The van der Waals surface area contributed by atoms with Gasteiger partial charge >= 0.3 is 6.18 Å². The van der Waals surface area contributed by atoms with Crippen molar-refractivity contribution in [1.29, 1.82) is 0 Å². The van der Waals surface area contributed by atoms with Crippen molar-refractivity contribution < 1.29 is 23.0 Å². The molecule has 4 rings (SSSR count). The van der Waals surface area contributed by atoms with Crippen molar-refractivity contribution in [3.63, 3.8) is 0 Å². The number of aliphatic imine (C=N–C) groups is 1. The van der Waals surface area contributed by atoms with Crippen LogP contribution in [0.4, 0.5) is 24.8 Å². The van der Waals surface area contributed by atoms with Crippen molar-refractivity contribution in [1.82, 2.24) is 9.97 Å². The van der Waals surface area contributed by atoms with Gasteiger partial charge in [0.1, 0.15) is 11.6 Å². The molecule has 3 N–H and O–H groups in total. The molecule has 0 radical (unpaired) electrons. The number of nitrogens with zero attached hydrogens (tertiary/aromatic N) is 3. The van der Waals surface area contributed by atoms with Crippen molar-refractivity contribution in [2.75, 3.05) is 36.9 Å². The molecule has 0 aromatic carbocycles. The molecular formula is C26H33ClF3N5O2. The molecule has 1 saturated carbocycles. The van der Waals surface area contributed by atoms with Gasteiger partial charge in [0.15, 0.2) is 6.10 Å². The van der Waals surface area contributed by atoms with Crippen LogP contribution in [0.3, 0.4) is 0 Å². The first kappa shape index (κ1) is 27.6. The molecule has 1 aliphatic heterocycles. The molecule has 0 bridgehead atoms. The van der Waals surface area contributed by atoms with Gasteiger partial charge in [-0.15, -0.1) is 0 Å². The largest absolute Gasteiger partial charge is 0.416 e. The van der Waals surface area contributed by atoms with E-state index in [0.29, 0.717) is 16.8 Å². The first-order chi connectivity index (χ1) is 17.8. The number of nitrogens with one attached hydrogen (secondary N) is 2. The molecule has 0 spiro atoms. The van der Waals surface area contributed by atoms with E-state index < -0.39 is 18.8 Å². The minimum absolute atomic E-state index is 0.104. The number of hydrogen-bond donors (Lipinski definition) is 3. The summed E-state index contributed by atoms with van der Waals surface area (Å²) in [7, 11) is 0. The number of alkyl halides is 3. The quantitative estimate of drug-likeness (QED) is 0.359. The summed E-state index contributed by atoms with van der Waals surface area (Å²) < 4.78 is 42.6. The van der Waals surface area contributed by atoms with Crippen LogP contribution in [0.15, 0.2) is 35.5 Å². The van der Waals surface area contributed by atoms with Crippen LogP contribution >= 0.6 is 11.6 Å². The lowest BCUT2D eigenvalue weighted by Gasteiger charge is -2.27. The number of ether oxygens (including phenoxy) is 1.